The normalized spacial score (nSPS) is 15.8. The molecule has 3 aromatic rings. The predicted octanol–water partition coefficient (Wildman–Crippen LogP) is 5.50. The number of fused-ring (bicyclic) bond motifs is 1. The third kappa shape index (κ3) is 4.58. The number of hydrogen-bond donors (Lipinski definition) is 1. The van der Waals surface area contributed by atoms with E-state index in [1.807, 2.05) is 67.6 Å². The van der Waals surface area contributed by atoms with Crippen LogP contribution in [-0.4, -0.2) is 16.7 Å². The molecule has 2 unspecified atom stereocenters. The van der Waals surface area contributed by atoms with Gasteiger partial charge in [-0.05, 0) is 40.8 Å². The summed E-state index contributed by atoms with van der Waals surface area (Å²) < 4.78 is 0. The van der Waals surface area contributed by atoms with Crippen molar-refractivity contribution in [3.63, 3.8) is 0 Å². The largest absolute Gasteiger partial charge is 0.350 e. The Morgan fingerprint density at radius 1 is 0.903 bits per heavy atom. The van der Waals surface area contributed by atoms with E-state index in [1.165, 1.54) is 12.5 Å². The molecular weight excluding hydrogens is 384 g/mol. The lowest BCUT2D eigenvalue weighted by Gasteiger charge is -2.32. The van der Waals surface area contributed by atoms with Crippen molar-refractivity contribution in [2.24, 2.45) is 0 Å². The Bertz CT molecular complexity index is 1100. The fraction of sp³-hybridized carbons (Fsp3) is 0.185. The van der Waals surface area contributed by atoms with Gasteiger partial charge in [0.05, 0.1) is 18.5 Å². The molecule has 0 bridgehead atoms. The van der Waals surface area contributed by atoms with Crippen LogP contribution in [0.15, 0.2) is 85.1 Å². The summed E-state index contributed by atoms with van der Waals surface area (Å²) in [5.74, 6) is -0.158. The second-order valence-corrected chi connectivity index (χ2v) is 7.87. The van der Waals surface area contributed by atoms with Gasteiger partial charge in [-0.3, -0.25) is 9.59 Å². The predicted molar refractivity (Wildman–Crippen MR) is 124 cm³/mol. The van der Waals surface area contributed by atoms with E-state index in [-0.39, 0.29) is 30.3 Å². The molecule has 31 heavy (non-hydrogen) atoms. The molecule has 1 N–H and O–H groups in total. The molecule has 3 aromatic carbocycles. The first-order chi connectivity index (χ1) is 15.0. The van der Waals surface area contributed by atoms with Crippen LogP contribution in [0, 0.1) is 0 Å². The van der Waals surface area contributed by atoms with E-state index in [4.69, 9.17) is 0 Å². The summed E-state index contributed by atoms with van der Waals surface area (Å²) in [6, 6.07) is 25.9. The lowest BCUT2D eigenvalue weighted by atomic mass is 9.93. The molecule has 0 aromatic heterocycles. The molecule has 1 aliphatic heterocycles. The standard InChI is InChI=1S/C27H26N2O2/c1-19(21-12-14-23(15-13-21)22-8-4-3-5-9-22)28-27(31)18-26-25-11-7-6-10-24(25)16-17-29(26)20(2)30/h3-17,19,26H,18H2,1-2H3,(H,28,31). The zero-order valence-corrected chi connectivity index (χ0v) is 17.8. The molecule has 0 saturated heterocycles. The van der Waals surface area contributed by atoms with Crippen molar-refractivity contribution in [2.45, 2.75) is 32.4 Å². The highest BCUT2D eigenvalue weighted by molar-refractivity contribution is 5.82. The molecule has 4 rings (SSSR count). The van der Waals surface area contributed by atoms with E-state index in [1.54, 1.807) is 11.1 Å². The Hall–Kier alpha value is -3.66. The van der Waals surface area contributed by atoms with Crippen LogP contribution in [0.2, 0.25) is 0 Å². The monoisotopic (exact) mass is 410 g/mol. The zero-order chi connectivity index (χ0) is 21.8. The SMILES string of the molecule is CC(=O)N1C=Cc2ccccc2C1CC(=O)NC(C)c1ccc(-c2ccccc2)cc1. The highest BCUT2D eigenvalue weighted by Crippen LogP contribution is 2.33. The van der Waals surface area contributed by atoms with Gasteiger partial charge in [0.25, 0.3) is 0 Å². The quantitative estimate of drug-likeness (QED) is 0.604. The van der Waals surface area contributed by atoms with Crippen LogP contribution < -0.4 is 5.32 Å². The Balaban J connectivity index is 1.45. The van der Waals surface area contributed by atoms with E-state index in [0.29, 0.717) is 0 Å². The molecule has 0 saturated carbocycles. The van der Waals surface area contributed by atoms with Crippen LogP contribution in [0.4, 0.5) is 0 Å². The summed E-state index contributed by atoms with van der Waals surface area (Å²) >= 11 is 0. The van der Waals surface area contributed by atoms with Crippen molar-refractivity contribution in [3.05, 3.63) is 102 Å². The van der Waals surface area contributed by atoms with Crippen molar-refractivity contribution in [3.8, 4) is 11.1 Å². The molecular formula is C27H26N2O2. The molecule has 4 heteroatoms. The van der Waals surface area contributed by atoms with Gasteiger partial charge in [0, 0.05) is 13.1 Å². The second-order valence-electron chi connectivity index (χ2n) is 7.87. The molecule has 0 radical (unpaired) electrons. The van der Waals surface area contributed by atoms with Crippen LogP contribution in [-0.2, 0) is 9.59 Å². The summed E-state index contributed by atoms with van der Waals surface area (Å²) in [4.78, 5) is 26.7. The first-order valence-corrected chi connectivity index (χ1v) is 10.5. The minimum atomic E-state index is -0.300. The molecule has 2 atom stereocenters. The summed E-state index contributed by atoms with van der Waals surface area (Å²) in [6.45, 7) is 3.51. The summed E-state index contributed by atoms with van der Waals surface area (Å²) in [7, 11) is 0. The van der Waals surface area contributed by atoms with E-state index in [0.717, 1.165) is 22.3 Å². The number of hydrogen-bond acceptors (Lipinski definition) is 2. The molecule has 0 spiro atoms. The van der Waals surface area contributed by atoms with Gasteiger partial charge in [0.15, 0.2) is 0 Å². The maximum Gasteiger partial charge on any atom is 0.223 e. The number of rotatable bonds is 5. The second kappa shape index (κ2) is 9.00. The first-order valence-electron chi connectivity index (χ1n) is 10.5. The van der Waals surface area contributed by atoms with Crippen molar-refractivity contribution >= 4 is 17.9 Å². The fourth-order valence-corrected chi connectivity index (χ4v) is 4.07. The fourth-order valence-electron chi connectivity index (χ4n) is 4.07. The number of nitrogens with zero attached hydrogens (tertiary/aromatic N) is 1. The van der Waals surface area contributed by atoms with Crippen LogP contribution in [0.25, 0.3) is 17.2 Å². The highest BCUT2D eigenvalue weighted by Gasteiger charge is 2.28. The Labute approximate surface area is 183 Å². The third-order valence-electron chi connectivity index (χ3n) is 5.74. The molecule has 4 nitrogen and oxygen atoms in total. The minimum Gasteiger partial charge on any atom is -0.350 e. The maximum absolute atomic E-state index is 12.9. The van der Waals surface area contributed by atoms with Crippen LogP contribution in [0.5, 0.6) is 0 Å². The topological polar surface area (TPSA) is 49.4 Å². The van der Waals surface area contributed by atoms with Crippen molar-refractivity contribution < 1.29 is 9.59 Å². The van der Waals surface area contributed by atoms with Crippen molar-refractivity contribution in [1.29, 1.82) is 0 Å². The summed E-state index contributed by atoms with van der Waals surface area (Å²) in [5.41, 5.74) is 5.39. The molecule has 156 valence electrons. The van der Waals surface area contributed by atoms with Gasteiger partial charge >= 0.3 is 0 Å². The van der Waals surface area contributed by atoms with Gasteiger partial charge in [-0.25, -0.2) is 0 Å². The third-order valence-corrected chi connectivity index (χ3v) is 5.74. The van der Waals surface area contributed by atoms with Gasteiger partial charge in [-0.1, -0.05) is 78.9 Å². The lowest BCUT2D eigenvalue weighted by molar-refractivity contribution is -0.130. The highest BCUT2D eigenvalue weighted by atomic mass is 16.2. The van der Waals surface area contributed by atoms with E-state index >= 15 is 0 Å². The van der Waals surface area contributed by atoms with Gasteiger partial charge in [-0.15, -0.1) is 0 Å². The van der Waals surface area contributed by atoms with Gasteiger partial charge in [0.2, 0.25) is 11.8 Å². The van der Waals surface area contributed by atoms with Crippen molar-refractivity contribution in [1.82, 2.24) is 10.2 Å². The van der Waals surface area contributed by atoms with Crippen LogP contribution in [0.1, 0.15) is 49.0 Å². The minimum absolute atomic E-state index is 0.0758. The van der Waals surface area contributed by atoms with Crippen molar-refractivity contribution in [2.75, 3.05) is 0 Å². The molecule has 2 amide bonds. The summed E-state index contributed by atoms with van der Waals surface area (Å²) in [5, 5.41) is 3.09. The first kappa shape index (κ1) is 20.6. The van der Waals surface area contributed by atoms with E-state index < -0.39 is 0 Å². The number of carbonyl (C=O) groups excluding carboxylic acids is 2. The maximum atomic E-state index is 12.9. The summed E-state index contributed by atoms with van der Waals surface area (Å²) in [6.07, 6.45) is 3.91. The Morgan fingerprint density at radius 2 is 1.55 bits per heavy atom. The zero-order valence-electron chi connectivity index (χ0n) is 17.8. The van der Waals surface area contributed by atoms with Gasteiger partial charge in [0.1, 0.15) is 0 Å². The molecule has 1 heterocycles. The average Bonchev–Trinajstić information content (AvgIpc) is 2.79. The molecule has 1 aliphatic rings. The Morgan fingerprint density at radius 3 is 2.26 bits per heavy atom. The molecule has 0 aliphatic carbocycles. The number of nitrogens with one attached hydrogen (secondary N) is 1. The van der Waals surface area contributed by atoms with Gasteiger partial charge in [-0.2, -0.15) is 0 Å². The lowest BCUT2D eigenvalue weighted by Crippen LogP contribution is -2.36. The average molecular weight is 411 g/mol. The van der Waals surface area contributed by atoms with E-state index in [9.17, 15) is 9.59 Å². The van der Waals surface area contributed by atoms with Gasteiger partial charge < -0.3 is 10.2 Å². The number of amides is 2. The van der Waals surface area contributed by atoms with E-state index in [2.05, 4.69) is 29.6 Å². The van der Waals surface area contributed by atoms with Crippen LogP contribution in [0.3, 0.4) is 0 Å². The number of benzene rings is 3. The molecule has 0 fully saturated rings. The van der Waals surface area contributed by atoms with Crippen LogP contribution >= 0.6 is 0 Å². The number of carbonyl (C=O) groups is 2. The Kier molecular flexibility index (Phi) is 5.99. The smallest absolute Gasteiger partial charge is 0.223 e.